The van der Waals surface area contributed by atoms with E-state index in [2.05, 4.69) is 12.6 Å². The summed E-state index contributed by atoms with van der Waals surface area (Å²) < 4.78 is 0. The molecule has 0 aliphatic heterocycles. The van der Waals surface area contributed by atoms with Gasteiger partial charge in [-0.05, 0) is 18.9 Å². The zero-order valence-electron chi connectivity index (χ0n) is 7.33. The molecule has 1 aliphatic carbocycles. The minimum absolute atomic E-state index is 0.470. The average Bonchev–Trinajstić information content (AvgIpc) is 2.19. The van der Waals surface area contributed by atoms with Crippen LogP contribution in [-0.4, -0.2) is 0 Å². The van der Waals surface area contributed by atoms with Crippen LogP contribution in [0.15, 0.2) is 36.5 Å². The lowest BCUT2D eigenvalue weighted by Gasteiger charge is -2.21. The van der Waals surface area contributed by atoms with Gasteiger partial charge in [0.1, 0.15) is 0 Å². The number of hydrogen-bond acceptors (Lipinski definition) is 2. The van der Waals surface area contributed by atoms with Crippen molar-refractivity contribution in [1.82, 2.24) is 0 Å². The Kier molecular flexibility index (Phi) is 2.67. The van der Waals surface area contributed by atoms with Crippen LogP contribution in [0, 0.1) is 28.1 Å². The van der Waals surface area contributed by atoms with Crippen LogP contribution in [0.3, 0.4) is 0 Å². The van der Waals surface area contributed by atoms with E-state index in [1.807, 2.05) is 6.07 Å². The lowest BCUT2D eigenvalue weighted by Crippen LogP contribution is -2.15. The number of hydrogen-bond donors (Lipinski definition) is 0. The van der Waals surface area contributed by atoms with Crippen LogP contribution in [-0.2, 0) is 0 Å². The minimum Gasteiger partial charge on any atom is -0.197 e. The van der Waals surface area contributed by atoms with Gasteiger partial charge < -0.3 is 0 Å². The van der Waals surface area contributed by atoms with Crippen molar-refractivity contribution in [2.75, 3.05) is 0 Å². The monoisotopic (exact) mass is 170 g/mol. The zero-order chi connectivity index (χ0) is 9.73. The molecule has 0 radical (unpaired) electrons. The Hall–Kier alpha value is -1.80. The molecule has 0 aromatic heterocycles. The van der Waals surface area contributed by atoms with E-state index in [9.17, 15) is 0 Å². The lowest BCUT2D eigenvalue weighted by atomic mass is 9.79. The maximum Gasteiger partial charge on any atom is 0.0988 e. The van der Waals surface area contributed by atoms with Crippen LogP contribution >= 0.6 is 0 Å². The summed E-state index contributed by atoms with van der Waals surface area (Å²) in [5, 5.41) is 17.6. The summed E-state index contributed by atoms with van der Waals surface area (Å²) in [6.45, 7) is 3.62. The second kappa shape index (κ2) is 3.74. The van der Waals surface area contributed by atoms with Gasteiger partial charge in [-0.2, -0.15) is 10.5 Å². The minimum atomic E-state index is -0.470. The molecule has 13 heavy (non-hydrogen) atoms. The number of nitriles is 2. The Labute approximate surface area is 78.1 Å². The van der Waals surface area contributed by atoms with Crippen LogP contribution in [0.4, 0.5) is 0 Å². The van der Waals surface area contributed by atoms with Crippen molar-refractivity contribution in [2.24, 2.45) is 5.41 Å². The predicted octanol–water partition coefficient (Wildman–Crippen LogP) is 2.48. The highest BCUT2D eigenvalue weighted by atomic mass is 14.4. The van der Waals surface area contributed by atoms with Crippen molar-refractivity contribution in [3.8, 4) is 12.1 Å². The molecule has 1 atom stereocenters. The second-order valence-electron chi connectivity index (χ2n) is 3.07. The largest absolute Gasteiger partial charge is 0.197 e. The molecule has 0 N–H and O–H groups in total. The van der Waals surface area contributed by atoms with Crippen molar-refractivity contribution >= 4 is 0 Å². The van der Waals surface area contributed by atoms with Gasteiger partial charge in [0.15, 0.2) is 0 Å². The molecule has 64 valence electrons. The fourth-order valence-corrected chi connectivity index (χ4v) is 1.30. The third-order valence-electron chi connectivity index (χ3n) is 2.13. The molecular formula is C11H10N2. The Balaban J connectivity index is 2.85. The summed E-state index contributed by atoms with van der Waals surface area (Å²) in [6, 6.07) is 4.30. The quantitative estimate of drug-likeness (QED) is 0.598. The highest BCUT2D eigenvalue weighted by Gasteiger charge is 2.26. The molecule has 0 fully saturated rings. The standard InChI is InChI=1S/C11H10N2/c1-2-5-11(9-13)6-3-10(8-12)4-7-11/h2-4,6H,1,5,7H2/t11-/m1/s1. The molecule has 0 unspecified atom stereocenters. The first-order chi connectivity index (χ1) is 6.26. The normalized spacial score (nSPS) is 25.5. The van der Waals surface area contributed by atoms with E-state index in [-0.39, 0.29) is 0 Å². The molecule has 0 aromatic carbocycles. The number of rotatable bonds is 2. The molecular weight excluding hydrogens is 160 g/mol. The third-order valence-corrected chi connectivity index (χ3v) is 2.13. The van der Waals surface area contributed by atoms with Gasteiger partial charge in [0.05, 0.1) is 17.6 Å². The molecule has 0 saturated heterocycles. The van der Waals surface area contributed by atoms with E-state index in [0.717, 1.165) is 0 Å². The van der Waals surface area contributed by atoms with Gasteiger partial charge in [-0.1, -0.05) is 18.2 Å². The molecule has 0 spiro atoms. The van der Waals surface area contributed by atoms with Crippen molar-refractivity contribution < 1.29 is 0 Å². The maximum atomic E-state index is 8.97. The Morgan fingerprint density at radius 3 is 2.77 bits per heavy atom. The van der Waals surface area contributed by atoms with Gasteiger partial charge >= 0.3 is 0 Å². The van der Waals surface area contributed by atoms with Crippen LogP contribution < -0.4 is 0 Å². The van der Waals surface area contributed by atoms with Crippen LogP contribution in [0.25, 0.3) is 0 Å². The molecule has 0 amide bonds. The van der Waals surface area contributed by atoms with Crippen molar-refractivity contribution in [3.63, 3.8) is 0 Å². The van der Waals surface area contributed by atoms with E-state index >= 15 is 0 Å². The summed E-state index contributed by atoms with van der Waals surface area (Å²) in [7, 11) is 0. The van der Waals surface area contributed by atoms with E-state index in [0.29, 0.717) is 18.4 Å². The molecule has 0 heterocycles. The van der Waals surface area contributed by atoms with Gasteiger partial charge in [-0.3, -0.25) is 0 Å². The summed E-state index contributed by atoms with van der Waals surface area (Å²) in [6.07, 6.45) is 8.28. The number of allylic oxidation sites excluding steroid dienone is 5. The Bertz CT molecular complexity index is 349. The third kappa shape index (κ3) is 1.86. The maximum absolute atomic E-state index is 8.97. The van der Waals surface area contributed by atoms with E-state index in [1.165, 1.54) is 0 Å². The SMILES string of the molecule is C=CC[C@@]1(C#N)C=CC(C#N)=CC1. The molecule has 0 aromatic rings. The van der Waals surface area contributed by atoms with Crippen molar-refractivity contribution in [3.05, 3.63) is 36.5 Å². The summed E-state index contributed by atoms with van der Waals surface area (Å²) >= 11 is 0. The zero-order valence-corrected chi connectivity index (χ0v) is 7.33. The molecule has 1 aliphatic rings. The highest BCUT2D eigenvalue weighted by molar-refractivity contribution is 5.39. The van der Waals surface area contributed by atoms with E-state index < -0.39 is 5.41 Å². The Morgan fingerprint density at radius 2 is 2.38 bits per heavy atom. The fourth-order valence-electron chi connectivity index (χ4n) is 1.30. The van der Waals surface area contributed by atoms with Crippen LogP contribution in [0.1, 0.15) is 12.8 Å². The first-order valence-corrected chi connectivity index (χ1v) is 4.08. The molecule has 0 saturated carbocycles. The topological polar surface area (TPSA) is 47.6 Å². The predicted molar refractivity (Wildman–Crippen MR) is 50.3 cm³/mol. The fraction of sp³-hybridized carbons (Fsp3) is 0.273. The van der Waals surface area contributed by atoms with Crippen LogP contribution in [0.2, 0.25) is 0 Å². The molecule has 0 bridgehead atoms. The smallest absolute Gasteiger partial charge is 0.0988 e. The Morgan fingerprint density at radius 1 is 1.62 bits per heavy atom. The van der Waals surface area contributed by atoms with Crippen molar-refractivity contribution in [2.45, 2.75) is 12.8 Å². The summed E-state index contributed by atoms with van der Waals surface area (Å²) in [4.78, 5) is 0. The van der Waals surface area contributed by atoms with Gasteiger partial charge in [0.2, 0.25) is 0 Å². The van der Waals surface area contributed by atoms with Gasteiger partial charge in [0, 0.05) is 5.57 Å². The first-order valence-electron chi connectivity index (χ1n) is 4.08. The summed E-state index contributed by atoms with van der Waals surface area (Å²) in [5.41, 5.74) is 0.164. The van der Waals surface area contributed by atoms with Gasteiger partial charge in [-0.15, -0.1) is 6.58 Å². The second-order valence-corrected chi connectivity index (χ2v) is 3.07. The first kappa shape index (κ1) is 9.29. The average molecular weight is 170 g/mol. The van der Waals surface area contributed by atoms with Crippen LogP contribution in [0.5, 0.6) is 0 Å². The molecule has 2 heteroatoms. The summed E-state index contributed by atoms with van der Waals surface area (Å²) in [5.74, 6) is 0. The van der Waals surface area contributed by atoms with Gasteiger partial charge in [-0.25, -0.2) is 0 Å². The lowest BCUT2D eigenvalue weighted by molar-refractivity contribution is 0.517. The highest BCUT2D eigenvalue weighted by Crippen LogP contribution is 2.32. The van der Waals surface area contributed by atoms with E-state index in [1.54, 1.807) is 24.3 Å². The van der Waals surface area contributed by atoms with Crippen molar-refractivity contribution in [1.29, 1.82) is 10.5 Å². The van der Waals surface area contributed by atoms with Gasteiger partial charge in [0.25, 0.3) is 0 Å². The number of nitrogens with zero attached hydrogens (tertiary/aromatic N) is 2. The molecule has 1 rings (SSSR count). The van der Waals surface area contributed by atoms with E-state index in [4.69, 9.17) is 10.5 Å². The molecule has 2 nitrogen and oxygen atoms in total.